The highest BCUT2D eigenvalue weighted by Crippen LogP contribution is 2.32. The summed E-state index contributed by atoms with van der Waals surface area (Å²) in [6.07, 6.45) is 1.76. The highest BCUT2D eigenvalue weighted by Gasteiger charge is 2.11. The van der Waals surface area contributed by atoms with E-state index < -0.39 is 0 Å². The molecular weight excluding hydrogens is 397 g/mol. The molecule has 0 amide bonds. The summed E-state index contributed by atoms with van der Waals surface area (Å²) in [6, 6.07) is 27.4. The maximum atomic E-state index is 13.7. The number of fused-ring (bicyclic) bond motifs is 1. The summed E-state index contributed by atoms with van der Waals surface area (Å²) < 4.78 is 19.8. The number of allylic oxidation sites excluding steroid dienone is 1. The van der Waals surface area contributed by atoms with Crippen molar-refractivity contribution in [3.63, 3.8) is 0 Å². The molecule has 0 fully saturated rings. The van der Waals surface area contributed by atoms with E-state index in [2.05, 4.69) is 6.07 Å². The second-order valence-corrected chi connectivity index (χ2v) is 7.23. The third-order valence-corrected chi connectivity index (χ3v) is 5.04. The zero-order valence-electron chi connectivity index (χ0n) is 16.0. The number of hydrogen-bond donors (Lipinski definition) is 0. The molecule has 30 heavy (non-hydrogen) atoms. The summed E-state index contributed by atoms with van der Waals surface area (Å²) in [5, 5.41) is 12.4. The summed E-state index contributed by atoms with van der Waals surface area (Å²) >= 11 is 5.96. The summed E-state index contributed by atoms with van der Waals surface area (Å²) in [6.45, 7) is 0.359. The molecular formula is C26H17ClFNO. The standard InChI is InChI=1S/C26H17ClFNO/c27-22-11-8-18(9-12-22)17-30-26-13-10-19-4-1-2-7-24(19)25(26)15-21(16-29)20-5-3-6-23(28)14-20/h1-15H,17H2/b21-15-. The maximum absolute atomic E-state index is 13.7. The lowest BCUT2D eigenvalue weighted by molar-refractivity contribution is 0.306. The van der Waals surface area contributed by atoms with Crippen molar-refractivity contribution in [2.45, 2.75) is 6.61 Å². The number of nitriles is 1. The van der Waals surface area contributed by atoms with Gasteiger partial charge in [-0.05, 0) is 58.3 Å². The van der Waals surface area contributed by atoms with Crippen LogP contribution in [-0.4, -0.2) is 0 Å². The van der Waals surface area contributed by atoms with E-state index in [4.69, 9.17) is 16.3 Å². The normalized spacial score (nSPS) is 11.3. The zero-order valence-corrected chi connectivity index (χ0v) is 16.7. The number of hydrogen-bond acceptors (Lipinski definition) is 2. The first-order valence-electron chi connectivity index (χ1n) is 9.41. The van der Waals surface area contributed by atoms with Gasteiger partial charge in [0.05, 0.1) is 11.6 Å². The van der Waals surface area contributed by atoms with E-state index in [-0.39, 0.29) is 5.82 Å². The SMILES string of the molecule is N#C/C(=C/c1c(OCc2ccc(Cl)cc2)ccc2ccccc12)c1cccc(F)c1. The molecule has 0 N–H and O–H groups in total. The van der Waals surface area contributed by atoms with Crippen molar-refractivity contribution in [3.8, 4) is 11.8 Å². The number of ether oxygens (including phenoxy) is 1. The summed E-state index contributed by atoms with van der Waals surface area (Å²) in [7, 11) is 0. The van der Waals surface area contributed by atoms with Gasteiger partial charge in [0, 0.05) is 10.6 Å². The fourth-order valence-corrected chi connectivity index (χ4v) is 3.40. The quantitative estimate of drug-likeness (QED) is 0.254. The highest BCUT2D eigenvalue weighted by atomic mass is 35.5. The van der Waals surface area contributed by atoms with Gasteiger partial charge in [0.25, 0.3) is 0 Å². The topological polar surface area (TPSA) is 33.0 Å². The van der Waals surface area contributed by atoms with Crippen LogP contribution < -0.4 is 4.74 Å². The molecule has 0 aliphatic heterocycles. The molecule has 0 bridgehead atoms. The van der Waals surface area contributed by atoms with Crippen LogP contribution in [0.5, 0.6) is 5.75 Å². The Hall–Kier alpha value is -3.61. The molecule has 0 atom stereocenters. The van der Waals surface area contributed by atoms with Gasteiger partial charge in [0.1, 0.15) is 18.2 Å². The van der Waals surface area contributed by atoms with E-state index in [1.54, 1.807) is 18.2 Å². The van der Waals surface area contributed by atoms with Gasteiger partial charge in [-0.2, -0.15) is 5.26 Å². The predicted molar refractivity (Wildman–Crippen MR) is 120 cm³/mol. The average Bonchev–Trinajstić information content (AvgIpc) is 2.77. The first kappa shape index (κ1) is 19.7. The van der Waals surface area contributed by atoms with Crippen LogP contribution in [0.25, 0.3) is 22.4 Å². The molecule has 0 aliphatic carbocycles. The Morgan fingerprint density at radius 2 is 1.77 bits per heavy atom. The van der Waals surface area contributed by atoms with Crippen LogP contribution in [0, 0.1) is 17.1 Å². The van der Waals surface area contributed by atoms with Gasteiger partial charge in [-0.3, -0.25) is 0 Å². The molecule has 4 heteroatoms. The van der Waals surface area contributed by atoms with Gasteiger partial charge in [0.2, 0.25) is 0 Å². The van der Waals surface area contributed by atoms with Crippen molar-refractivity contribution in [1.82, 2.24) is 0 Å². The second-order valence-electron chi connectivity index (χ2n) is 6.79. The Kier molecular flexibility index (Phi) is 5.79. The van der Waals surface area contributed by atoms with Gasteiger partial charge in [-0.15, -0.1) is 0 Å². The number of nitrogens with zero attached hydrogens (tertiary/aromatic N) is 1. The third-order valence-electron chi connectivity index (χ3n) is 4.78. The Bertz CT molecular complexity index is 1270. The smallest absolute Gasteiger partial charge is 0.127 e. The molecule has 146 valence electrons. The van der Waals surface area contributed by atoms with Crippen molar-refractivity contribution in [2.75, 3.05) is 0 Å². The van der Waals surface area contributed by atoms with Crippen molar-refractivity contribution in [2.24, 2.45) is 0 Å². The van der Waals surface area contributed by atoms with Crippen LogP contribution in [0.1, 0.15) is 16.7 Å². The summed E-state index contributed by atoms with van der Waals surface area (Å²) in [5.74, 6) is 0.263. The van der Waals surface area contributed by atoms with Gasteiger partial charge in [0.15, 0.2) is 0 Å². The molecule has 0 aliphatic rings. The first-order chi connectivity index (χ1) is 14.6. The largest absolute Gasteiger partial charge is 0.488 e. The molecule has 0 saturated carbocycles. The Labute approximate surface area is 179 Å². The lowest BCUT2D eigenvalue weighted by Gasteiger charge is -2.13. The zero-order chi connectivity index (χ0) is 20.9. The average molecular weight is 414 g/mol. The third kappa shape index (κ3) is 4.35. The maximum Gasteiger partial charge on any atom is 0.127 e. The fraction of sp³-hybridized carbons (Fsp3) is 0.0385. The molecule has 0 aromatic heterocycles. The van der Waals surface area contributed by atoms with Crippen LogP contribution >= 0.6 is 11.6 Å². The van der Waals surface area contributed by atoms with E-state index in [0.717, 1.165) is 21.9 Å². The van der Waals surface area contributed by atoms with Crippen molar-refractivity contribution in [3.05, 3.63) is 112 Å². The Balaban J connectivity index is 1.78. The molecule has 0 saturated heterocycles. The van der Waals surface area contributed by atoms with E-state index >= 15 is 0 Å². The monoisotopic (exact) mass is 413 g/mol. The lowest BCUT2D eigenvalue weighted by Crippen LogP contribution is -1.98. The molecule has 4 aromatic rings. The molecule has 0 unspecified atom stereocenters. The highest BCUT2D eigenvalue weighted by molar-refractivity contribution is 6.30. The van der Waals surface area contributed by atoms with Crippen molar-refractivity contribution in [1.29, 1.82) is 5.26 Å². The van der Waals surface area contributed by atoms with Gasteiger partial charge in [-0.25, -0.2) is 4.39 Å². The van der Waals surface area contributed by atoms with Crippen molar-refractivity contribution >= 4 is 34.0 Å². The van der Waals surface area contributed by atoms with Crippen molar-refractivity contribution < 1.29 is 9.13 Å². The molecule has 0 heterocycles. The predicted octanol–water partition coefficient (Wildman–Crippen LogP) is 7.28. The number of benzene rings is 4. The number of rotatable bonds is 5. The summed E-state index contributed by atoms with van der Waals surface area (Å²) in [4.78, 5) is 0. The van der Waals surface area contributed by atoms with Crippen LogP contribution in [-0.2, 0) is 6.61 Å². The van der Waals surface area contributed by atoms with Gasteiger partial charge in [-0.1, -0.05) is 66.2 Å². The Morgan fingerprint density at radius 3 is 2.53 bits per heavy atom. The van der Waals surface area contributed by atoms with Crippen LogP contribution in [0.3, 0.4) is 0 Å². The van der Waals surface area contributed by atoms with Gasteiger partial charge >= 0.3 is 0 Å². The van der Waals surface area contributed by atoms with Crippen LogP contribution in [0.4, 0.5) is 4.39 Å². The minimum atomic E-state index is -0.384. The lowest BCUT2D eigenvalue weighted by atomic mass is 9.98. The molecule has 4 aromatic carbocycles. The molecule has 4 rings (SSSR count). The van der Waals surface area contributed by atoms with E-state index in [1.807, 2.05) is 60.7 Å². The Morgan fingerprint density at radius 1 is 0.967 bits per heavy atom. The minimum Gasteiger partial charge on any atom is -0.488 e. The number of halogens is 2. The molecule has 0 spiro atoms. The molecule has 2 nitrogen and oxygen atoms in total. The summed E-state index contributed by atoms with van der Waals surface area (Å²) in [5.41, 5.74) is 2.65. The van der Waals surface area contributed by atoms with Crippen LogP contribution in [0.15, 0.2) is 84.9 Å². The minimum absolute atomic E-state index is 0.359. The van der Waals surface area contributed by atoms with Crippen LogP contribution in [0.2, 0.25) is 5.02 Å². The van der Waals surface area contributed by atoms with Gasteiger partial charge < -0.3 is 4.74 Å². The fourth-order valence-electron chi connectivity index (χ4n) is 3.27. The molecule has 0 radical (unpaired) electrons. The second kappa shape index (κ2) is 8.82. The first-order valence-corrected chi connectivity index (χ1v) is 9.78. The van der Waals surface area contributed by atoms with E-state index in [9.17, 15) is 9.65 Å². The van der Waals surface area contributed by atoms with E-state index in [1.165, 1.54) is 12.1 Å². The van der Waals surface area contributed by atoms with E-state index in [0.29, 0.717) is 28.5 Å².